The van der Waals surface area contributed by atoms with Crippen LogP contribution in [0, 0.1) is 0 Å². The van der Waals surface area contributed by atoms with E-state index in [9.17, 15) is 14.4 Å². The minimum absolute atomic E-state index is 0.0423. The van der Waals surface area contributed by atoms with Crippen molar-refractivity contribution < 1.29 is 33.1 Å². The van der Waals surface area contributed by atoms with E-state index in [1.807, 2.05) is 6.07 Å². The third-order valence-corrected chi connectivity index (χ3v) is 4.23. The first-order valence-electron chi connectivity index (χ1n) is 8.63. The fourth-order valence-corrected chi connectivity index (χ4v) is 2.83. The van der Waals surface area contributed by atoms with E-state index in [1.165, 1.54) is 31.4 Å². The first-order chi connectivity index (χ1) is 14.1. The summed E-state index contributed by atoms with van der Waals surface area (Å²) >= 11 is 0. The molecule has 3 aromatic rings. The van der Waals surface area contributed by atoms with Crippen LogP contribution in [0.25, 0.3) is 0 Å². The minimum Gasteiger partial charge on any atom is -0.493 e. The summed E-state index contributed by atoms with van der Waals surface area (Å²) in [5.41, 5.74) is 0.353. The molecule has 0 aliphatic carbocycles. The molecule has 0 atom stereocenters. The van der Waals surface area contributed by atoms with Crippen molar-refractivity contribution in [2.24, 2.45) is 0 Å². The van der Waals surface area contributed by atoms with E-state index in [-0.39, 0.29) is 23.5 Å². The highest BCUT2D eigenvalue weighted by Gasteiger charge is 2.39. The number of hydrogen-bond acceptors (Lipinski definition) is 7. The van der Waals surface area contributed by atoms with Crippen molar-refractivity contribution in [1.82, 2.24) is 5.06 Å². The van der Waals surface area contributed by atoms with E-state index in [4.69, 9.17) is 18.7 Å². The predicted octanol–water partition coefficient (Wildman–Crippen LogP) is 3.24. The third kappa shape index (κ3) is 3.43. The van der Waals surface area contributed by atoms with Crippen LogP contribution in [0.1, 0.15) is 37.0 Å². The maximum absolute atomic E-state index is 12.3. The van der Waals surface area contributed by atoms with Crippen molar-refractivity contribution in [2.75, 3.05) is 7.11 Å². The van der Waals surface area contributed by atoms with Gasteiger partial charge in [-0.25, -0.2) is 4.79 Å². The molecule has 2 amide bonds. The Bertz CT molecular complexity index is 1070. The third-order valence-electron chi connectivity index (χ3n) is 4.23. The lowest BCUT2D eigenvalue weighted by Gasteiger charge is -2.11. The average Bonchev–Trinajstić information content (AvgIpc) is 3.32. The zero-order chi connectivity index (χ0) is 20.4. The van der Waals surface area contributed by atoms with Gasteiger partial charge < -0.3 is 18.7 Å². The lowest BCUT2D eigenvalue weighted by Crippen LogP contribution is -2.32. The number of imide groups is 1. The Morgan fingerprint density at radius 3 is 2.17 bits per heavy atom. The fraction of sp³-hybridized carbons (Fsp3) is 0.0952. The van der Waals surface area contributed by atoms with Crippen molar-refractivity contribution in [3.8, 4) is 11.5 Å². The average molecular weight is 393 g/mol. The summed E-state index contributed by atoms with van der Waals surface area (Å²) in [6, 6.07) is 16.2. The first-order valence-corrected chi connectivity index (χ1v) is 8.63. The maximum Gasteiger partial charge on any atom is 0.399 e. The molecule has 1 aromatic heterocycles. The molecule has 2 heterocycles. The molecule has 0 fully saturated rings. The van der Waals surface area contributed by atoms with Crippen molar-refractivity contribution in [2.45, 2.75) is 6.61 Å². The molecular formula is C21H15NO7. The van der Waals surface area contributed by atoms with Crippen LogP contribution in [-0.4, -0.2) is 30.0 Å². The number of hydroxylamine groups is 2. The zero-order valence-corrected chi connectivity index (χ0v) is 15.3. The van der Waals surface area contributed by atoms with Crippen molar-refractivity contribution in [3.05, 3.63) is 83.3 Å². The molecule has 0 unspecified atom stereocenters. The molecule has 0 N–H and O–H groups in total. The predicted molar refractivity (Wildman–Crippen MR) is 98.4 cm³/mol. The topological polar surface area (TPSA) is 95.3 Å². The largest absolute Gasteiger partial charge is 0.493 e. The van der Waals surface area contributed by atoms with Gasteiger partial charge in [0.05, 0.1) is 18.2 Å². The molecular weight excluding hydrogens is 378 g/mol. The summed E-state index contributed by atoms with van der Waals surface area (Å²) in [6.45, 7) is 0.0423. The fourth-order valence-electron chi connectivity index (χ4n) is 2.83. The van der Waals surface area contributed by atoms with Gasteiger partial charge in [0, 0.05) is 0 Å². The smallest absolute Gasteiger partial charge is 0.399 e. The summed E-state index contributed by atoms with van der Waals surface area (Å²) in [4.78, 5) is 41.8. The number of para-hydroxylation sites is 2. The van der Waals surface area contributed by atoms with E-state index >= 15 is 0 Å². The Morgan fingerprint density at radius 1 is 0.897 bits per heavy atom. The number of nitrogens with zero attached hydrogens (tertiary/aromatic N) is 1. The molecule has 2 aromatic carbocycles. The lowest BCUT2D eigenvalue weighted by molar-refractivity contribution is -0.0604. The van der Waals surface area contributed by atoms with Gasteiger partial charge in [0.1, 0.15) is 12.4 Å². The molecule has 4 rings (SSSR count). The van der Waals surface area contributed by atoms with Gasteiger partial charge in [0.25, 0.3) is 11.8 Å². The van der Waals surface area contributed by atoms with Gasteiger partial charge in [-0.05, 0) is 36.4 Å². The number of fused-ring (bicyclic) bond motifs is 1. The molecule has 146 valence electrons. The molecule has 1 aliphatic rings. The summed E-state index contributed by atoms with van der Waals surface area (Å²) in [5.74, 6) is -1.12. The van der Waals surface area contributed by atoms with E-state index in [0.717, 1.165) is 0 Å². The van der Waals surface area contributed by atoms with Crippen molar-refractivity contribution in [3.63, 3.8) is 0 Å². The van der Waals surface area contributed by atoms with E-state index in [2.05, 4.69) is 0 Å². The standard InChI is InChI=1S/C21H15NO7/c1-26-16-8-4-5-9-17(16)27-12-13-10-11-18(28-13)21(25)29-22-19(23)14-6-2-3-7-15(14)20(22)24/h2-11H,12H2,1H3. The summed E-state index contributed by atoms with van der Waals surface area (Å²) in [6.07, 6.45) is 0. The Labute approximate surface area is 165 Å². The monoisotopic (exact) mass is 393 g/mol. The van der Waals surface area contributed by atoms with E-state index in [1.54, 1.807) is 30.3 Å². The second-order valence-electron chi connectivity index (χ2n) is 6.03. The highest BCUT2D eigenvalue weighted by molar-refractivity contribution is 6.21. The minimum atomic E-state index is -0.969. The molecule has 0 radical (unpaired) electrons. The zero-order valence-electron chi connectivity index (χ0n) is 15.3. The van der Waals surface area contributed by atoms with Crippen LogP contribution in [0.15, 0.2) is 65.1 Å². The Balaban J connectivity index is 1.42. The Hall–Kier alpha value is -4.07. The van der Waals surface area contributed by atoms with Crippen LogP contribution >= 0.6 is 0 Å². The Morgan fingerprint density at radius 2 is 1.52 bits per heavy atom. The van der Waals surface area contributed by atoms with Crippen molar-refractivity contribution >= 4 is 17.8 Å². The van der Waals surface area contributed by atoms with Crippen LogP contribution < -0.4 is 9.47 Å². The quantitative estimate of drug-likeness (QED) is 0.593. The van der Waals surface area contributed by atoms with Crippen LogP contribution in [0.3, 0.4) is 0 Å². The molecule has 0 saturated carbocycles. The summed E-state index contributed by atoms with van der Waals surface area (Å²) in [5, 5.41) is 0.431. The lowest BCUT2D eigenvalue weighted by atomic mass is 10.1. The second-order valence-corrected chi connectivity index (χ2v) is 6.03. The molecule has 0 spiro atoms. The van der Waals surface area contributed by atoms with Gasteiger partial charge in [-0.2, -0.15) is 0 Å². The summed E-state index contributed by atoms with van der Waals surface area (Å²) in [7, 11) is 1.53. The van der Waals surface area contributed by atoms with Gasteiger partial charge in [-0.3, -0.25) is 9.59 Å². The number of furan rings is 1. The van der Waals surface area contributed by atoms with Gasteiger partial charge >= 0.3 is 5.97 Å². The van der Waals surface area contributed by atoms with Crippen LogP contribution in [0.4, 0.5) is 0 Å². The van der Waals surface area contributed by atoms with E-state index in [0.29, 0.717) is 22.3 Å². The first kappa shape index (κ1) is 18.3. The molecule has 8 heteroatoms. The number of rotatable bonds is 6. The maximum atomic E-state index is 12.3. The number of ether oxygens (including phenoxy) is 2. The van der Waals surface area contributed by atoms with Crippen LogP contribution in [-0.2, 0) is 11.4 Å². The molecule has 29 heavy (non-hydrogen) atoms. The number of methoxy groups -OCH3 is 1. The van der Waals surface area contributed by atoms with Crippen molar-refractivity contribution in [1.29, 1.82) is 0 Å². The number of amides is 2. The SMILES string of the molecule is COc1ccccc1OCc1ccc(C(=O)ON2C(=O)c3ccccc3C2=O)o1. The normalized spacial score (nSPS) is 12.7. The molecule has 0 saturated heterocycles. The molecule has 0 bridgehead atoms. The Kier molecular flexibility index (Phi) is 4.74. The highest BCUT2D eigenvalue weighted by Crippen LogP contribution is 2.27. The molecule has 1 aliphatic heterocycles. The second kappa shape index (κ2) is 7.51. The van der Waals surface area contributed by atoms with E-state index < -0.39 is 17.8 Å². The number of carbonyl (C=O) groups excluding carboxylic acids is 3. The number of carbonyl (C=O) groups is 3. The van der Waals surface area contributed by atoms with Crippen LogP contribution in [0.5, 0.6) is 11.5 Å². The van der Waals surface area contributed by atoms with Gasteiger partial charge in [0.15, 0.2) is 11.5 Å². The molecule has 8 nitrogen and oxygen atoms in total. The summed E-state index contributed by atoms with van der Waals surface area (Å²) < 4.78 is 16.2. The number of benzene rings is 2. The van der Waals surface area contributed by atoms with Crippen LogP contribution in [0.2, 0.25) is 0 Å². The van der Waals surface area contributed by atoms with Gasteiger partial charge in [-0.15, -0.1) is 0 Å². The number of hydrogen-bond donors (Lipinski definition) is 0. The van der Waals surface area contributed by atoms with Gasteiger partial charge in [0.2, 0.25) is 5.76 Å². The highest BCUT2D eigenvalue weighted by atomic mass is 16.7. The van der Waals surface area contributed by atoms with Gasteiger partial charge in [-0.1, -0.05) is 29.3 Å².